The van der Waals surface area contributed by atoms with Crippen molar-refractivity contribution in [3.8, 4) is 5.75 Å². The van der Waals surface area contributed by atoms with Gasteiger partial charge in [-0.1, -0.05) is 11.6 Å². The van der Waals surface area contributed by atoms with Gasteiger partial charge in [-0.15, -0.1) is 0 Å². The first-order valence-electron chi connectivity index (χ1n) is 5.31. The topological polar surface area (TPSA) is 27.7 Å². The molecule has 1 aromatic carbocycles. The van der Waals surface area contributed by atoms with Gasteiger partial charge in [-0.3, -0.25) is 0 Å². The molecule has 1 aromatic rings. The lowest BCUT2D eigenvalue weighted by atomic mass is 10.1. The van der Waals surface area contributed by atoms with Gasteiger partial charge in [-0.2, -0.15) is 0 Å². The van der Waals surface area contributed by atoms with E-state index in [2.05, 4.69) is 0 Å². The molecule has 0 saturated heterocycles. The zero-order chi connectivity index (χ0) is 13.3. The van der Waals surface area contributed by atoms with Gasteiger partial charge in [-0.25, -0.2) is 4.39 Å². The number of benzene rings is 1. The van der Waals surface area contributed by atoms with Crippen LogP contribution in [0.1, 0.15) is 19.4 Å². The second-order valence-corrected chi connectivity index (χ2v) is 5.24. The molecule has 0 fully saturated rings. The Morgan fingerprint density at radius 1 is 1.44 bits per heavy atom. The maximum absolute atomic E-state index is 13.8. The summed E-state index contributed by atoms with van der Waals surface area (Å²) in [7, 11) is 0. The van der Waals surface area contributed by atoms with E-state index in [9.17, 15) is 4.39 Å². The van der Waals surface area contributed by atoms with Crippen molar-refractivity contribution >= 4 is 34.2 Å². The van der Waals surface area contributed by atoms with Crippen molar-refractivity contribution < 1.29 is 18.6 Å². The summed E-state index contributed by atoms with van der Waals surface area (Å²) in [4.78, 5) is 0. The summed E-state index contributed by atoms with van der Waals surface area (Å²) >= 11 is 7.72. The number of halogens is 3. The number of rotatable bonds is 3. The monoisotopic (exact) mass is 384 g/mol. The van der Waals surface area contributed by atoms with Crippen molar-refractivity contribution in [1.29, 1.82) is 0 Å². The van der Waals surface area contributed by atoms with E-state index >= 15 is 0 Å². The van der Waals surface area contributed by atoms with Crippen LogP contribution in [-0.4, -0.2) is 6.61 Å². The van der Waals surface area contributed by atoms with Gasteiger partial charge in [0.15, 0.2) is 5.82 Å². The lowest BCUT2D eigenvalue weighted by Crippen LogP contribution is -2.24. The smallest absolute Gasteiger partial charge is 0.277 e. The Morgan fingerprint density at radius 3 is 2.61 bits per heavy atom. The Kier molecular flexibility index (Phi) is 3.91. The molecule has 0 bridgehead atoms. The van der Waals surface area contributed by atoms with Gasteiger partial charge in [0.1, 0.15) is 18.3 Å². The average molecular weight is 385 g/mol. The van der Waals surface area contributed by atoms with Crippen LogP contribution in [0, 0.1) is 9.39 Å². The Balaban J connectivity index is 2.58. The van der Waals surface area contributed by atoms with Crippen LogP contribution in [0.25, 0.3) is 0 Å². The molecule has 0 unspecified atom stereocenters. The molecule has 0 radical (unpaired) electrons. The Morgan fingerprint density at radius 2 is 2.06 bits per heavy atom. The molecule has 0 spiro atoms. The first kappa shape index (κ1) is 13.7. The Labute approximate surface area is 123 Å². The van der Waals surface area contributed by atoms with Gasteiger partial charge in [0.05, 0.1) is 20.8 Å². The molecule has 98 valence electrons. The number of ether oxygens (including phenoxy) is 3. The highest BCUT2D eigenvalue weighted by Crippen LogP contribution is 2.42. The minimum Gasteiger partial charge on any atom is -0.492 e. The second kappa shape index (κ2) is 5.13. The predicted molar refractivity (Wildman–Crippen MR) is 74.0 cm³/mol. The van der Waals surface area contributed by atoms with E-state index in [1.165, 1.54) is 18.6 Å². The van der Waals surface area contributed by atoms with Crippen LogP contribution in [0.15, 0.2) is 18.6 Å². The highest BCUT2D eigenvalue weighted by molar-refractivity contribution is 14.1. The van der Waals surface area contributed by atoms with Crippen molar-refractivity contribution in [3.05, 3.63) is 38.6 Å². The van der Waals surface area contributed by atoms with E-state index in [4.69, 9.17) is 25.8 Å². The summed E-state index contributed by atoms with van der Waals surface area (Å²) in [6.45, 7) is 3.95. The molecule has 0 amide bonds. The average Bonchev–Trinajstić information content (AvgIpc) is 2.78. The third-order valence-corrected chi connectivity index (χ3v) is 3.78. The molecule has 1 aliphatic heterocycles. The Bertz CT molecular complexity index is 497. The second-order valence-electron chi connectivity index (χ2n) is 3.75. The van der Waals surface area contributed by atoms with Crippen molar-refractivity contribution in [2.45, 2.75) is 19.6 Å². The summed E-state index contributed by atoms with van der Waals surface area (Å²) in [6, 6.07) is 1.47. The maximum Gasteiger partial charge on any atom is 0.277 e. The molecule has 0 aromatic heterocycles. The van der Waals surface area contributed by atoms with E-state index in [0.29, 0.717) is 21.5 Å². The van der Waals surface area contributed by atoms with Gasteiger partial charge in [-0.05, 0) is 35.6 Å². The third kappa shape index (κ3) is 2.25. The summed E-state index contributed by atoms with van der Waals surface area (Å²) in [6.07, 6.45) is 2.86. The molecule has 3 nitrogen and oxygen atoms in total. The number of hydrogen-bond donors (Lipinski definition) is 0. The summed E-state index contributed by atoms with van der Waals surface area (Å²) in [5.74, 6) is -1.15. The summed E-state index contributed by atoms with van der Waals surface area (Å²) in [5.41, 5.74) is 0.560. The van der Waals surface area contributed by atoms with E-state index in [1.807, 2.05) is 29.5 Å². The molecule has 6 heteroatoms. The van der Waals surface area contributed by atoms with Crippen LogP contribution < -0.4 is 4.74 Å². The highest BCUT2D eigenvalue weighted by atomic mass is 127. The number of hydrogen-bond acceptors (Lipinski definition) is 3. The molecule has 2 rings (SSSR count). The van der Waals surface area contributed by atoms with Crippen LogP contribution in [-0.2, 0) is 15.3 Å². The first-order valence-corrected chi connectivity index (χ1v) is 6.76. The van der Waals surface area contributed by atoms with Crippen LogP contribution >= 0.6 is 34.2 Å². The van der Waals surface area contributed by atoms with Gasteiger partial charge in [0.25, 0.3) is 5.79 Å². The van der Waals surface area contributed by atoms with Crippen molar-refractivity contribution in [1.82, 2.24) is 0 Å². The fourth-order valence-electron chi connectivity index (χ4n) is 1.67. The van der Waals surface area contributed by atoms with Crippen molar-refractivity contribution in [3.63, 3.8) is 0 Å². The molecule has 1 heterocycles. The summed E-state index contributed by atoms with van der Waals surface area (Å²) < 4.78 is 30.4. The van der Waals surface area contributed by atoms with E-state index in [-0.39, 0.29) is 5.02 Å². The molecule has 0 N–H and O–H groups in total. The fraction of sp³-hybridized carbons (Fsp3) is 0.333. The van der Waals surface area contributed by atoms with Crippen molar-refractivity contribution in [2.24, 2.45) is 0 Å². The molecule has 0 saturated carbocycles. The van der Waals surface area contributed by atoms with Gasteiger partial charge < -0.3 is 14.2 Å². The first-order chi connectivity index (χ1) is 8.49. The van der Waals surface area contributed by atoms with E-state index < -0.39 is 11.6 Å². The molecule has 0 aliphatic carbocycles. The molecule has 18 heavy (non-hydrogen) atoms. The minimum absolute atomic E-state index is 0.0122. The largest absolute Gasteiger partial charge is 0.492 e. The summed E-state index contributed by atoms with van der Waals surface area (Å²) in [5, 5.41) is 0.0122. The van der Waals surface area contributed by atoms with E-state index in [1.54, 1.807) is 6.92 Å². The normalized spacial score (nSPS) is 16.3. The Hall–Kier alpha value is -0.690. The minimum atomic E-state index is -1.04. The maximum atomic E-state index is 13.8. The molecule has 1 aliphatic rings. The molecular weight excluding hydrogens is 373 g/mol. The zero-order valence-corrected chi connectivity index (χ0v) is 12.7. The van der Waals surface area contributed by atoms with Crippen molar-refractivity contribution in [2.75, 3.05) is 6.61 Å². The lowest BCUT2D eigenvalue weighted by molar-refractivity contribution is -0.134. The van der Waals surface area contributed by atoms with Gasteiger partial charge in [0.2, 0.25) is 0 Å². The van der Waals surface area contributed by atoms with Gasteiger partial charge >= 0.3 is 0 Å². The zero-order valence-electron chi connectivity index (χ0n) is 9.80. The highest BCUT2D eigenvalue weighted by Gasteiger charge is 2.37. The quantitative estimate of drug-likeness (QED) is 0.578. The SMILES string of the molecule is CCOc1c(C2(C)OC=CO2)cc(Cl)c(F)c1I. The van der Waals surface area contributed by atoms with Crippen LogP contribution in [0.2, 0.25) is 5.02 Å². The molecular formula is C12H11ClFIO3. The molecule has 0 atom stereocenters. The van der Waals surface area contributed by atoms with Gasteiger partial charge in [0, 0.05) is 6.92 Å². The fourth-order valence-corrected chi connectivity index (χ4v) is 2.77. The van der Waals surface area contributed by atoms with Crippen LogP contribution in [0.5, 0.6) is 5.75 Å². The van der Waals surface area contributed by atoms with Crippen LogP contribution in [0.3, 0.4) is 0 Å². The van der Waals surface area contributed by atoms with Crippen LogP contribution in [0.4, 0.5) is 4.39 Å². The standard InChI is InChI=1S/C12H11ClFIO3/c1-3-16-11-7(12(2)17-4-5-18-12)6-8(13)9(14)10(11)15/h4-6H,3H2,1-2H3. The van der Waals surface area contributed by atoms with E-state index in [0.717, 1.165) is 0 Å². The predicted octanol–water partition coefficient (Wildman–Crippen LogP) is 4.17. The lowest BCUT2D eigenvalue weighted by Gasteiger charge is -2.26. The third-order valence-electron chi connectivity index (χ3n) is 2.54.